The lowest BCUT2D eigenvalue weighted by atomic mass is 10.0. The Hall–Kier alpha value is -1.60. The van der Waals surface area contributed by atoms with Gasteiger partial charge in [-0.1, -0.05) is 34.8 Å². The van der Waals surface area contributed by atoms with Gasteiger partial charge in [0.1, 0.15) is 28.7 Å². The van der Waals surface area contributed by atoms with Crippen LogP contribution in [0.2, 0.25) is 0 Å². The monoisotopic (exact) mass is 514 g/mol. The molecule has 162 valence electrons. The number of H-pyrrole nitrogens is 1. The van der Waals surface area contributed by atoms with Gasteiger partial charge in [-0.15, -0.1) is 23.5 Å². The van der Waals surface area contributed by atoms with Gasteiger partial charge in [-0.2, -0.15) is 5.10 Å². The normalized spacial score (nSPS) is 21.0. The van der Waals surface area contributed by atoms with Crippen LogP contribution in [0.3, 0.4) is 0 Å². The molecule has 15 heteroatoms. The highest BCUT2D eigenvalue weighted by Gasteiger charge is 2.54. The van der Waals surface area contributed by atoms with Crippen molar-refractivity contribution in [2.24, 2.45) is 0 Å². The van der Waals surface area contributed by atoms with E-state index in [2.05, 4.69) is 15.5 Å². The maximum atomic E-state index is 12.5. The summed E-state index contributed by atoms with van der Waals surface area (Å²) < 4.78 is 2.95. The highest BCUT2D eigenvalue weighted by Crippen LogP contribution is 2.41. The topological polar surface area (TPSA) is 142 Å². The van der Waals surface area contributed by atoms with Gasteiger partial charge in [0.15, 0.2) is 0 Å². The molecule has 0 spiro atoms. The molecule has 0 aliphatic carbocycles. The number of amides is 2. The lowest BCUT2D eigenvalue weighted by Gasteiger charge is -2.49. The molecular formula is C15H13Cl3N4O6S2. The number of aromatic amines is 1. The number of carboxylic acid groups (broad SMARTS) is 1. The fourth-order valence-corrected chi connectivity index (χ4v) is 5.16. The number of ether oxygens (including phenoxy) is 1. The number of halogens is 3. The number of alkyl halides is 3. The number of hydrogen-bond donors (Lipinski definition) is 3. The second kappa shape index (κ2) is 9.27. The van der Waals surface area contributed by atoms with Gasteiger partial charge in [0, 0.05) is 17.6 Å². The molecule has 10 nitrogen and oxygen atoms in total. The summed E-state index contributed by atoms with van der Waals surface area (Å²) in [5.74, 6) is -1.25. The Kier molecular flexibility index (Phi) is 7.13. The fourth-order valence-electron chi connectivity index (χ4n) is 2.68. The summed E-state index contributed by atoms with van der Waals surface area (Å²) in [5, 5.41) is 18.1. The minimum absolute atomic E-state index is 0.131. The molecule has 0 bridgehead atoms. The molecule has 2 atom stereocenters. The van der Waals surface area contributed by atoms with Crippen LogP contribution in [0.1, 0.15) is 0 Å². The van der Waals surface area contributed by atoms with Crippen LogP contribution in [0.25, 0.3) is 0 Å². The second-order valence-electron chi connectivity index (χ2n) is 6.03. The molecule has 1 fully saturated rings. The van der Waals surface area contributed by atoms with Gasteiger partial charge in [0.2, 0.25) is 3.79 Å². The zero-order valence-corrected chi connectivity index (χ0v) is 18.7. The molecule has 30 heavy (non-hydrogen) atoms. The second-order valence-corrected chi connectivity index (χ2v) is 10.6. The number of carboxylic acids is 1. The first-order valence-electron chi connectivity index (χ1n) is 8.15. The number of carbonyl (C=O) groups excluding carboxylic acids is 2. The van der Waals surface area contributed by atoms with Crippen molar-refractivity contribution in [3.63, 3.8) is 0 Å². The molecule has 3 heterocycles. The molecule has 0 radical (unpaired) electrons. The molecule has 0 aromatic carbocycles. The standard InChI is InChI=1S/C15H13Cl3N4O6S2/c16-15(17,18)5-28-14(27)19-9-11(24)22-10(13(25)26)6(4-30-12(9)22)3-29-8-2-1-7(23)20-21-8/h1-2,9,12H,3-5H2,(H,19,27)(H,20,23)(H,25,26)/t9?,12-/m0/s1. The summed E-state index contributed by atoms with van der Waals surface area (Å²) in [6.07, 6.45) is -0.953. The van der Waals surface area contributed by atoms with Gasteiger partial charge in [-0.25, -0.2) is 14.7 Å². The molecule has 2 aliphatic heterocycles. The van der Waals surface area contributed by atoms with Crippen LogP contribution in [0.4, 0.5) is 4.79 Å². The van der Waals surface area contributed by atoms with E-state index in [0.29, 0.717) is 16.4 Å². The molecule has 1 aromatic heterocycles. The third-order valence-corrected chi connectivity index (χ3v) is 6.62. The quantitative estimate of drug-likeness (QED) is 0.292. The Bertz CT molecular complexity index is 946. The van der Waals surface area contributed by atoms with Crippen LogP contribution in [0, 0.1) is 0 Å². The number of aliphatic carboxylic acids is 1. The number of aromatic nitrogens is 2. The predicted octanol–water partition coefficient (Wildman–Crippen LogP) is 1.58. The summed E-state index contributed by atoms with van der Waals surface area (Å²) in [5.41, 5.74) is 0.0404. The Labute approximate surface area is 192 Å². The zero-order chi connectivity index (χ0) is 22.1. The molecular weight excluding hydrogens is 503 g/mol. The van der Waals surface area contributed by atoms with Crippen LogP contribution in [0.15, 0.2) is 33.2 Å². The van der Waals surface area contributed by atoms with Crippen LogP contribution in [0.5, 0.6) is 0 Å². The minimum atomic E-state index is -1.79. The molecule has 1 unspecified atom stereocenters. The maximum Gasteiger partial charge on any atom is 0.408 e. The van der Waals surface area contributed by atoms with Gasteiger partial charge in [0.05, 0.1) is 0 Å². The number of rotatable bonds is 6. The van der Waals surface area contributed by atoms with E-state index in [9.17, 15) is 24.3 Å². The van der Waals surface area contributed by atoms with E-state index in [1.807, 2.05) is 0 Å². The van der Waals surface area contributed by atoms with Crippen molar-refractivity contribution >= 4 is 76.3 Å². The molecule has 2 aliphatic rings. The Morgan fingerprint density at radius 3 is 2.73 bits per heavy atom. The summed E-state index contributed by atoms with van der Waals surface area (Å²) in [6, 6.07) is 1.87. The summed E-state index contributed by atoms with van der Waals surface area (Å²) >= 11 is 19.0. The predicted molar refractivity (Wildman–Crippen MR) is 112 cm³/mol. The van der Waals surface area contributed by atoms with Crippen LogP contribution in [-0.4, -0.2) is 71.5 Å². The largest absolute Gasteiger partial charge is 0.477 e. The number of hydrogen-bond acceptors (Lipinski definition) is 8. The smallest absolute Gasteiger partial charge is 0.408 e. The van der Waals surface area contributed by atoms with Gasteiger partial charge < -0.3 is 15.2 Å². The van der Waals surface area contributed by atoms with Crippen molar-refractivity contribution in [3.8, 4) is 0 Å². The Morgan fingerprint density at radius 1 is 1.40 bits per heavy atom. The van der Waals surface area contributed by atoms with E-state index < -0.39 is 39.8 Å². The Balaban J connectivity index is 1.67. The van der Waals surface area contributed by atoms with Crippen molar-refractivity contribution in [3.05, 3.63) is 33.8 Å². The average molecular weight is 516 g/mol. The van der Waals surface area contributed by atoms with Crippen molar-refractivity contribution in [1.29, 1.82) is 0 Å². The van der Waals surface area contributed by atoms with Gasteiger partial charge in [0.25, 0.3) is 11.5 Å². The molecule has 1 saturated heterocycles. The van der Waals surface area contributed by atoms with Crippen LogP contribution in [-0.2, 0) is 14.3 Å². The lowest BCUT2D eigenvalue weighted by molar-refractivity contribution is -0.149. The van der Waals surface area contributed by atoms with Crippen molar-refractivity contribution < 1.29 is 24.2 Å². The van der Waals surface area contributed by atoms with E-state index >= 15 is 0 Å². The Morgan fingerprint density at radius 2 is 2.13 bits per heavy atom. The van der Waals surface area contributed by atoms with Gasteiger partial charge in [-0.3, -0.25) is 14.5 Å². The molecule has 3 rings (SSSR count). The van der Waals surface area contributed by atoms with Gasteiger partial charge >= 0.3 is 12.1 Å². The first-order chi connectivity index (χ1) is 14.1. The summed E-state index contributed by atoms with van der Waals surface area (Å²) in [4.78, 5) is 48.3. The number of thioether (sulfide) groups is 2. The average Bonchev–Trinajstić information content (AvgIpc) is 2.68. The number of nitrogens with one attached hydrogen (secondary N) is 2. The molecule has 1 aromatic rings. The van der Waals surface area contributed by atoms with Crippen LogP contribution >= 0.6 is 58.3 Å². The number of fused-ring (bicyclic) bond motifs is 1. The van der Waals surface area contributed by atoms with E-state index in [1.165, 1.54) is 35.7 Å². The first kappa shape index (κ1) is 23.1. The lowest BCUT2D eigenvalue weighted by Crippen LogP contribution is -2.70. The SMILES string of the molecule is O=C(NC1C(=O)N2C(C(=O)O)=C(CSc3ccc(=O)[nH]n3)CS[C@@H]12)OCC(Cl)(Cl)Cl. The third-order valence-electron chi connectivity index (χ3n) is 3.94. The van der Waals surface area contributed by atoms with E-state index in [4.69, 9.17) is 39.5 Å². The van der Waals surface area contributed by atoms with E-state index in [1.54, 1.807) is 0 Å². The van der Waals surface area contributed by atoms with E-state index in [-0.39, 0.29) is 17.0 Å². The first-order valence-corrected chi connectivity index (χ1v) is 11.3. The van der Waals surface area contributed by atoms with E-state index in [0.717, 1.165) is 4.90 Å². The summed E-state index contributed by atoms with van der Waals surface area (Å²) in [6.45, 7) is -0.508. The summed E-state index contributed by atoms with van der Waals surface area (Å²) in [7, 11) is 0. The number of alkyl carbamates (subject to hydrolysis) is 1. The maximum absolute atomic E-state index is 12.5. The van der Waals surface area contributed by atoms with Crippen LogP contribution < -0.4 is 10.9 Å². The highest BCUT2D eigenvalue weighted by molar-refractivity contribution is 8.01. The van der Waals surface area contributed by atoms with Crippen molar-refractivity contribution in [1.82, 2.24) is 20.4 Å². The number of carbonyl (C=O) groups is 3. The number of nitrogens with zero attached hydrogens (tertiary/aromatic N) is 2. The number of β-lactam (4-membered cyclic amide) rings is 1. The van der Waals surface area contributed by atoms with Crippen molar-refractivity contribution in [2.75, 3.05) is 18.1 Å². The van der Waals surface area contributed by atoms with Gasteiger partial charge in [-0.05, 0) is 11.6 Å². The fraction of sp³-hybridized carbons (Fsp3) is 0.400. The van der Waals surface area contributed by atoms with Crippen molar-refractivity contribution in [2.45, 2.75) is 20.2 Å². The highest BCUT2D eigenvalue weighted by atomic mass is 35.6. The molecule has 3 N–H and O–H groups in total. The minimum Gasteiger partial charge on any atom is -0.477 e. The zero-order valence-electron chi connectivity index (χ0n) is 14.8. The molecule has 2 amide bonds. The third kappa shape index (κ3) is 5.35. The molecule has 0 saturated carbocycles.